The van der Waals surface area contributed by atoms with Crippen molar-refractivity contribution in [2.45, 2.75) is 0 Å². The Labute approximate surface area is 247 Å². The van der Waals surface area contributed by atoms with E-state index >= 15 is 0 Å². The van der Waals surface area contributed by atoms with Gasteiger partial charge < -0.3 is 0 Å². The molecule has 0 saturated heterocycles. The molecule has 0 amide bonds. The number of benzene rings is 6. The van der Waals surface area contributed by atoms with Gasteiger partial charge in [0.05, 0.1) is 0 Å². The molecule has 0 nitrogen and oxygen atoms in total. The maximum Gasteiger partial charge on any atom is 0.0379 e. The van der Waals surface area contributed by atoms with Gasteiger partial charge in [-0.25, -0.2) is 0 Å². The molecule has 0 bridgehead atoms. The molecule has 6 rings (SSSR count). The Kier molecular flexibility index (Phi) is 7.79. The smallest absolute Gasteiger partial charge is 0.0379 e. The van der Waals surface area contributed by atoms with E-state index in [9.17, 15) is 0 Å². The van der Waals surface area contributed by atoms with Gasteiger partial charge >= 0.3 is 0 Å². The van der Waals surface area contributed by atoms with Crippen molar-refractivity contribution >= 4 is 67.5 Å². The first-order valence-corrected chi connectivity index (χ1v) is 18.8. The van der Waals surface area contributed by atoms with Crippen LogP contribution in [0.1, 0.15) is 0 Å². The predicted molar refractivity (Wildman–Crippen MR) is 184 cm³/mol. The van der Waals surface area contributed by atoms with Crippen molar-refractivity contribution in [2.75, 3.05) is 0 Å². The lowest BCUT2D eigenvalue weighted by Gasteiger charge is -2.29. The Morgan fingerprint density at radius 1 is 0.275 bits per heavy atom. The second-order valence-electron chi connectivity index (χ2n) is 9.66. The lowest BCUT2D eigenvalue weighted by atomic mass is 10.1. The average Bonchev–Trinajstić information content (AvgIpc) is 3.06. The van der Waals surface area contributed by atoms with E-state index < -0.39 is 12.1 Å². The summed E-state index contributed by atoms with van der Waals surface area (Å²) in [5, 5.41) is 7.05. The van der Waals surface area contributed by atoms with Gasteiger partial charge in [-0.05, 0) is 61.2 Å². The van der Waals surface area contributed by atoms with Gasteiger partial charge in [-0.3, -0.25) is 0 Å². The molecule has 194 valence electrons. The van der Waals surface area contributed by atoms with Gasteiger partial charge in [0.25, 0.3) is 0 Å². The second-order valence-corrected chi connectivity index (χ2v) is 18.5. The third-order valence-electron chi connectivity index (χ3n) is 7.22. The summed E-state index contributed by atoms with van der Waals surface area (Å²) >= 11 is 13.6. The highest BCUT2D eigenvalue weighted by atomic mass is 32.4. The summed E-state index contributed by atoms with van der Waals surface area (Å²) in [6, 6.07) is 55.3. The van der Waals surface area contributed by atoms with E-state index in [1.165, 1.54) is 21.2 Å². The van der Waals surface area contributed by atoms with Gasteiger partial charge in [-0.2, -0.15) is 0 Å². The van der Waals surface area contributed by atoms with Crippen LogP contribution in [0.3, 0.4) is 0 Å². The molecule has 0 aromatic heterocycles. The van der Waals surface area contributed by atoms with Crippen molar-refractivity contribution in [1.29, 1.82) is 0 Å². The molecule has 0 aliphatic heterocycles. The summed E-state index contributed by atoms with van der Waals surface area (Å²) in [6.45, 7) is 0. The van der Waals surface area contributed by atoms with Crippen LogP contribution in [0.4, 0.5) is 0 Å². The van der Waals surface area contributed by atoms with Crippen LogP contribution < -0.4 is 31.8 Å². The fourth-order valence-electron chi connectivity index (χ4n) is 5.20. The van der Waals surface area contributed by atoms with Crippen LogP contribution in [0.25, 0.3) is 11.1 Å². The van der Waals surface area contributed by atoms with Crippen LogP contribution in [0.5, 0.6) is 0 Å². The first kappa shape index (κ1) is 26.8. The Morgan fingerprint density at radius 3 is 0.850 bits per heavy atom. The van der Waals surface area contributed by atoms with Gasteiger partial charge in [0.1, 0.15) is 0 Å². The van der Waals surface area contributed by atoms with E-state index in [4.69, 9.17) is 23.6 Å². The lowest BCUT2D eigenvalue weighted by Crippen LogP contribution is -2.30. The molecule has 6 aromatic carbocycles. The highest BCUT2D eigenvalue weighted by molar-refractivity contribution is 8.26. The Bertz CT molecular complexity index is 1620. The van der Waals surface area contributed by atoms with Gasteiger partial charge in [0.2, 0.25) is 0 Å². The van der Waals surface area contributed by atoms with Crippen LogP contribution in [-0.4, -0.2) is 0 Å². The van der Waals surface area contributed by atoms with Gasteiger partial charge in [0.15, 0.2) is 0 Å². The molecular formula is C36H28P2S2. The Balaban J connectivity index is 1.71. The van der Waals surface area contributed by atoms with E-state index in [1.54, 1.807) is 0 Å². The zero-order valence-electron chi connectivity index (χ0n) is 21.9. The van der Waals surface area contributed by atoms with E-state index in [-0.39, 0.29) is 0 Å². The molecule has 0 heterocycles. The summed E-state index contributed by atoms with van der Waals surface area (Å²) in [4.78, 5) is 0. The standard InChI is InChI=1S/C36H28P2S2/c39-37(31-18-8-2-9-19-31,32-20-10-3-11-21-32)35-26-30(29-16-6-1-7-17-29)27-36(28-35)38(40,33-22-12-4-13-23-33)34-24-14-5-15-25-34/h1-28H. The van der Waals surface area contributed by atoms with Gasteiger partial charge in [-0.15, -0.1) is 0 Å². The van der Waals surface area contributed by atoms with Crippen molar-refractivity contribution < 1.29 is 0 Å². The number of rotatable bonds is 7. The topological polar surface area (TPSA) is 0 Å². The van der Waals surface area contributed by atoms with Gasteiger partial charge in [-0.1, -0.05) is 175 Å². The molecule has 0 atom stereocenters. The molecule has 0 saturated carbocycles. The number of hydrogen-bond acceptors (Lipinski definition) is 2. The van der Waals surface area contributed by atoms with Crippen molar-refractivity contribution in [3.8, 4) is 11.1 Å². The zero-order valence-corrected chi connectivity index (χ0v) is 25.3. The van der Waals surface area contributed by atoms with E-state index in [1.807, 2.05) is 0 Å². The Morgan fingerprint density at radius 2 is 0.550 bits per heavy atom. The van der Waals surface area contributed by atoms with Crippen LogP contribution in [0.2, 0.25) is 0 Å². The molecule has 0 spiro atoms. The monoisotopic (exact) mass is 586 g/mol. The van der Waals surface area contributed by atoms with Crippen molar-refractivity contribution in [1.82, 2.24) is 0 Å². The summed E-state index contributed by atoms with van der Waals surface area (Å²) < 4.78 is 0. The molecule has 0 unspecified atom stereocenters. The SMILES string of the molecule is S=P(c1ccccc1)(c1ccccc1)c1cc(-c2ccccc2)cc(P(=S)(c2ccccc2)c2ccccc2)c1. The highest BCUT2D eigenvalue weighted by Gasteiger charge is 2.30. The molecule has 0 N–H and O–H groups in total. The third-order valence-corrected chi connectivity index (χ3v) is 17.1. The fourth-order valence-corrected chi connectivity index (χ4v) is 12.8. The van der Waals surface area contributed by atoms with Crippen molar-refractivity contribution in [2.24, 2.45) is 0 Å². The quantitative estimate of drug-likeness (QED) is 0.188. The average molecular weight is 587 g/mol. The molecule has 0 aliphatic rings. The van der Waals surface area contributed by atoms with Crippen molar-refractivity contribution in [3.63, 3.8) is 0 Å². The van der Waals surface area contributed by atoms with Gasteiger partial charge in [0, 0.05) is 12.1 Å². The van der Waals surface area contributed by atoms with Crippen LogP contribution in [0.15, 0.2) is 170 Å². The highest BCUT2D eigenvalue weighted by Crippen LogP contribution is 2.47. The van der Waals surface area contributed by atoms with Crippen LogP contribution >= 0.6 is 12.1 Å². The number of hydrogen-bond donors (Lipinski definition) is 0. The predicted octanol–water partition coefficient (Wildman–Crippen LogP) is 6.87. The molecule has 6 aromatic rings. The molecule has 40 heavy (non-hydrogen) atoms. The zero-order chi connectivity index (χ0) is 27.4. The maximum atomic E-state index is 6.82. The molecule has 4 heteroatoms. The van der Waals surface area contributed by atoms with E-state index in [2.05, 4.69) is 170 Å². The van der Waals surface area contributed by atoms with E-state index in [0.29, 0.717) is 0 Å². The Hall–Kier alpha value is -3.38. The van der Waals surface area contributed by atoms with E-state index in [0.717, 1.165) is 21.7 Å². The van der Waals surface area contributed by atoms with Crippen LogP contribution in [-0.2, 0) is 23.6 Å². The van der Waals surface area contributed by atoms with Crippen LogP contribution in [0, 0.1) is 0 Å². The third kappa shape index (κ3) is 4.98. The fraction of sp³-hybridized carbons (Fsp3) is 0. The minimum atomic E-state index is -2.40. The molecular weight excluding hydrogens is 558 g/mol. The summed E-state index contributed by atoms with van der Waals surface area (Å²) in [5.74, 6) is 0. The molecule has 0 aliphatic carbocycles. The molecule has 0 radical (unpaired) electrons. The largest absolute Gasteiger partial charge is 0.0826 e. The normalized spacial score (nSPS) is 11.7. The summed E-state index contributed by atoms with van der Waals surface area (Å²) in [7, 11) is 0. The summed E-state index contributed by atoms with van der Waals surface area (Å²) in [5.41, 5.74) is 2.31. The van der Waals surface area contributed by atoms with Crippen molar-refractivity contribution in [3.05, 3.63) is 170 Å². The second kappa shape index (κ2) is 11.6. The first-order valence-electron chi connectivity index (χ1n) is 13.2. The lowest BCUT2D eigenvalue weighted by molar-refractivity contribution is 1.65. The summed E-state index contributed by atoms with van der Waals surface area (Å²) in [6.07, 6.45) is 0. The minimum absolute atomic E-state index is 1.15. The maximum absolute atomic E-state index is 6.82. The molecule has 0 fully saturated rings. The first-order chi connectivity index (χ1) is 19.6. The minimum Gasteiger partial charge on any atom is -0.0826 e.